The van der Waals surface area contributed by atoms with Crippen LogP contribution in [0.2, 0.25) is 0 Å². The van der Waals surface area contributed by atoms with E-state index in [4.69, 9.17) is 0 Å². The predicted molar refractivity (Wildman–Crippen MR) is 75.0 cm³/mol. The van der Waals surface area contributed by atoms with Gasteiger partial charge in [0, 0.05) is 30.9 Å². The highest BCUT2D eigenvalue weighted by atomic mass is 16.1. The first kappa shape index (κ1) is 12.9. The third-order valence-electron chi connectivity index (χ3n) is 3.25. The van der Waals surface area contributed by atoms with Crippen molar-refractivity contribution in [2.45, 2.75) is 32.7 Å². The van der Waals surface area contributed by atoms with Gasteiger partial charge in [0.25, 0.3) is 0 Å². The molecule has 1 aliphatic heterocycles. The average molecular weight is 247 g/mol. The van der Waals surface area contributed by atoms with Crippen molar-refractivity contribution in [1.29, 1.82) is 0 Å². The molecule has 1 heterocycles. The summed E-state index contributed by atoms with van der Waals surface area (Å²) in [6.45, 7) is 5.62. The Labute approximate surface area is 108 Å². The van der Waals surface area contributed by atoms with Crippen LogP contribution in [0.5, 0.6) is 0 Å². The van der Waals surface area contributed by atoms with Gasteiger partial charge in [0.15, 0.2) is 0 Å². The minimum atomic E-state index is -0.0334. The van der Waals surface area contributed by atoms with Crippen molar-refractivity contribution in [3.63, 3.8) is 0 Å². The summed E-state index contributed by atoms with van der Waals surface area (Å²) in [6, 6.07) is 6.61. The molecular formula is C14H21N3O. The molecule has 4 heteroatoms. The molecule has 1 unspecified atom stereocenters. The van der Waals surface area contributed by atoms with E-state index < -0.39 is 0 Å². The molecule has 1 aromatic carbocycles. The number of benzene rings is 1. The van der Waals surface area contributed by atoms with Crippen LogP contribution < -0.4 is 16.0 Å². The highest BCUT2D eigenvalue weighted by Crippen LogP contribution is 2.20. The number of hydrogen-bond acceptors (Lipinski definition) is 3. The topological polar surface area (TPSA) is 53.2 Å². The molecule has 3 N–H and O–H groups in total. The SMILES string of the molecule is CC(=O)Nc1ccc(NCC2CCCN2)cc1C. The Balaban J connectivity index is 1.93. The Morgan fingerprint density at radius 2 is 2.33 bits per heavy atom. The van der Waals surface area contributed by atoms with Crippen molar-refractivity contribution >= 4 is 17.3 Å². The number of anilines is 2. The molecule has 1 atom stereocenters. The fourth-order valence-corrected chi connectivity index (χ4v) is 2.28. The first-order valence-electron chi connectivity index (χ1n) is 6.50. The normalized spacial score (nSPS) is 18.7. The van der Waals surface area contributed by atoms with E-state index in [1.165, 1.54) is 19.8 Å². The van der Waals surface area contributed by atoms with Crippen LogP contribution >= 0.6 is 0 Å². The van der Waals surface area contributed by atoms with Crippen molar-refractivity contribution in [3.8, 4) is 0 Å². The van der Waals surface area contributed by atoms with Crippen molar-refractivity contribution < 1.29 is 4.79 Å². The van der Waals surface area contributed by atoms with Crippen LogP contribution in [0.25, 0.3) is 0 Å². The van der Waals surface area contributed by atoms with Gasteiger partial charge in [-0.3, -0.25) is 4.79 Å². The summed E-state index contributed by atoms with van der Waals surface area (Å²) >= 11 is 0. The number of hydrogen-bond donors (Lipinski definition) is 3. The number of aryl methyl sites for hydroxylation is 1. The molecule has 0 saturated carbocycles. The van der Waals surface area contributed by atoms with Crippen LogP contribution in [0.15, 0.2) is 18.2 Å². The molecule has 0 aliphatic carbocycles. The Hall–Kier alpha value is -1.55. The first-order chi connectivity index (χ1) is 8.65. The van der Waals surface area contributed by atoms with Gasteiger partial charge in [-0.2, -0.15) is 0 Å². The quantitative estimate of drug-likeness (QED) is 0.764. The summed E-state index contributed by atoms with van der Waals surface area (Å²) in [4.78, 5) is 11.0. The van der Waals surface area contributed by atoms with Crippen molar-refractivity contribution in [2.75, 3.05) is 23.7 Å². The third kappa shape index (κ3) is 3.47. The molecule has 0 spiro atoms. The van der Waals surface area contributed by atoms with Crippen LogP contribution in [-0.2, 0) is 4.79 Å². The van der Waals surface area contributed by atoms with Gasteiger partial charge < -0.3 is 16.0 Å². The molecule has 0 radical (unpaired) electrons. The second-order valence-electron chi connectivity index (χ2n) is 4.89. The number of carbonyl (C=O) groups excluding carboxylic acids is 1. The summed E-state index contributed by atoms with van der Waals surface area (Å²) < 4.78 is 0. The van der Waals surface area contributed by atoms with E-state index in [0.717, 1.165) is 30.0 Å². The lowest BCUT2D eigenvalue weighted by molar-refractivity contribution is -0.114. The zero-order chi connectivity index (χ0) is 13.0. The molecule has 1 aliphatic rings. The number of amides is 1. The number of nitrogens with one attached hydrogen (secondary N) is 3. The van der Waals surface area contributed by atoms with Gasteiger partial charge in [0.1, 0.15) is 0 Å². The molecule has 18 heavy (non-hydrogen) atoms. The van der Waals surface area contributed by atoms with Gasteiger partial charge in [-0.05, 0) is 50.1 Å². The Kier molecular flexibility index (Phi) is 4.20. The largest absolute Gasteiger partial charge is 0.383 e. The monoisotopic (exact) mass is 247 g/mol. The molecule has 2 rings (SSSR count). The fraction of sp³-hybridized carbons (Fsp3) is 0.500. The standard InChI is InChI=1S/C14H21N3O/c1-10-8-12(5-6-14(10)17-11(2)18)16-9-13-4-3-7-15-13/h5-6,8,13,15-16H,3-4,7,9H2,1-2H3,(H,17,18). The Morgan fingerprint density at radius 1 is 1.50 bits per heavy atom. The average Bonchev–Trinajstić information content (AvgIpc) is 2.82. The highest BCUT2D eigenvalue weighted by molar-refractivity contribution is 5.89. The van der Waals surface area contributed by atoms with E-state index in [-0.39, 0.29) is 5.91 Å². The second-order valence-corrected chi connectivity index (χ2v) is 4.89. The van der Waals surface area contributed by atoms with Crippen LogP contribution in [0.3, 0.4) is 0 Å². The van der Waals surface area contributed by atoms with E-state index in [1.807, 2.05) is 19.1 Å². The lowest BCUT2D eigenvalue weighted by Crippen LogP contribution is -2.29. The molecule has 1 aromatic rings. The Bertz CT molecular complexity index is 425. The maximum Gasteiger partial charge on any atom is 0.221 e. The molecule has 4 nitrogen and oxygen atoms in total. The molecule has 0 bridgehead atoms. The maximum absolute atomic E-state index is 11.0. The highest BCUT2D eigenvalue weighted by Gasteiger charge is 2.13. The van der Waals surface area contributed by atoms with Crippen molar-refractivity contribution in [3.05, 3.63) is 23.8 Å². The van der Waals surface area contributed by atoms with Crippen molar-refractivity contribution in [1.82, 2.24) is 5.32 Å². The Morgan fingerprint density at radius 3 is 2.94 bits per heavy atom. The van der Waals surface area contributed by atoms with Crippen LogP contribution in [-0.4, -0.2) is 25.0 Å². The lowest BCUT2D eigenvalue weighted by Gasteiger charge is -2.14. The van der Waals surface area contributed by atoms with E-state index >= 15 is 0 Å². The van der Waals surface area contributed by atoms with Gasteiger partial charge in [0.2, 0.25) is 5.91 Å². The van der Waals surface area contributed by atoms with Gasteiger partial charge in [-0.15, -0.1) is 0 Å². The molecule has 98 valence electrons. The second kappa shape index (κ2) is 5.87. The molecule has 0 aromatic heterocycles. The molecular weight excluding hydrogens is 226 g/mol. The fourth-order valence-electron chi connectivity index (χ4n) is 2.28. The van der Waals surface area contributed by atoms with Gasteiger partial charge in [0.05, 0.1) is 0 Å². The summed E-state index contributed by atoms with van der Waals surface area (Å²) in [5.74, 6) is -0.0334. The molecule has 1 saturated heterocycles. The zero-order valence-electron chi connectivity index (χ0n) is 11.0. The maximum atomic E-state index is 11.0. The first-order valence-corrected chi connectivity index (χ1v) is 6.50. The van der Waals surface area contributed by atoms with Crippen LogP contribution in [0, 0.1) is 6.92 Å². The molecule has 1 fully saturated rings. The van der Waals surface area contributed by atoms with Crippen LogP contribution in [0.1, 0.15) is 25.3 Å². The number of carbonyl (C=O) groups is 1. The molecule has 1 amide bonds. The lowest BCUT2D eigenvalue weighted by atomic mass is 10.1. The minimum Gasteiger partial charge on any atom is -0.383 e. The minimum absolute atomic E-state index is 0.0334. The van der Waals surface area contributed by atoms with E-state index in [2.05, 4.69) is 22.0 Å². The van der Waals surface area contributed by atoms with E-state index in [9.17, 15) is 4.79 Å². The third-order valence-corrected chi connectivity index (χ3v) is 3.25. The summed E-state index contributed by atoms with van der Waals surface area (Å²) in [5.41, 5.74) is 3.07. The van der Waals surface area contributed by atoms with Gasteiger partial charge in [-0.25, -0.2) is 0 Å². The number of rotatable bonds is 4. The van der Waals surface area contributed by atoms with Gasteiger partial charge >= 0.3 is 0 Å². The summed E-state index contributed by atoms with van der Waals surface area (Å²) in [5, 5.41) is 9.71. The smallest absolute Gasteiger partial charge is 0.221 e. The van der Waals surface area contributed by atoms with Gasteiger partial charge in [-0.1, -0.05) is 0 Å². The van der Waals surface area contributed by atoms with E-state index in [1.54, 1.807) is 0 Å². The van der Waals surface area contributed by atoms with E-state index in [0.29, 0.717) is 6.04 Å². The summed E-state index contributed by atoms with van der Waals surface area (Å²) in [6.07, 6.45) is 2.52. The van der Waals surface area contributed by atoms with Crippen LogP contribution in [0.4, 0.5) is 11.4 Å². The predicted octanol–water partition coefficient (Wildman–Crippen LogP) is 2.12. The van der Waals surface area contributed by atoms with Crippen molar-refractivity contribution in [2.24, 2.45) is 0 Å². The summed E-state index contributed by atoms with van der Waals surface area (Å²) in [7, 11) is 0. The zero-order valence-corrected chi connectivity index (χ0v) is 11.0.